The Morgan fingerprint density at radius 2 is 1.79 bits per heavy atom. The second kappa shape index (κ2) is 7.95. The van der Waals surface area contributed by atoms with E-state index in [0.717, 1.165) is 11.1 Å². The van der Waals surface area contributed by atoms with Crippen molar-refractivity contribution in [1.82, 2.24) is 10.2 Å². The predicted molar refractivity (Wildman–Crippen MR) is 89.3 cm³/mol. The van der Waals surface area contributed by atoms with Gasteiger partial charge in [0.25, 0.3) is 0 Å². The average molecular weight is 332 g/mol. The SMILES string of the molecule is CC(=O)N[C@@H](CC(=O)N1CCC(C(=O)O)CC1)c1ccc(C)cc1. The third-order valence-corrected chi connectivity index (χ3v) is 4.43. The number of nitrogens with one attached hydrogen (secondary N) is 1. The Labute approximate surface area is 141 Å². The van der Waals surface area contributed by atoms with Gasteiger partial charge in [0.15, 0.2) is 0 Å². The van der Waals surface area contributed by atoms with Crippen LogP contribution in [0.25, 0.3) is 0 Å². The molecular weight excluding hydrogens is 308 g/mol. The van der Waals surface area contributed by atoms with Gasteiger partial charge in [0.2, 0.25) is 11.8 Å². The number of nitrogens with zero attached hydrogens (tertiary/aromatic N) is 1. The number of aryl methyl sites for hydroxylation is 1. The maximum absolute atomic E-state index is 12.5. The van der Waals surface area contributed by atoms with E-state index in [0.29, 0.717) is 25.9 Å². The molecule has 1 saturated heterocycles. The number of aliphatic carboxylic acids is 1. The molecule has 0 aliphatic carbocycles. The van der Waals surface area contributed by atoms with Crippen LogP contribution in [0.1, 0.15) is 43.4 Å². The van der Waals surface area contributed by atoms with Crippen LogP contribution >= 0.6 is 0 Å². The van der Waals surface area contributed by atoms with Crippen LogP contribution in [0.4, 0.5) is 0 Å². The molecule has 1 atom stereocenters. The minimum absolute atomic E-state index is 0.0573. The lowest BCUT2D eigenvalue weighted by Crippen LogP contribution is -2.42. The zero-order chi connectivity index (χ0) is 17.7. The first-order valence-corrected chi connectivity index (χ1v) is 8.21. The number of rotatable bonds is 5. The molecule has 0 bridgehead atoms. The second-order valence-electron chi connectivity index (χ2n) is 6.36. The molecule has 24 heavy (non-hydrogen) atoms. The van der Waals surface area contributed by atoms with Crippen LogP contribution in [0.2, 0.25) is 0 Å². The van der Waals surface area contributed by atoms with Gasteiger partial charge in [-0.25, -0.2) is 0 Å². The molecule has 6 nitrogen and oxygen atoms in total. The van der Waals surface area contributed by atoms with Crippen molar-refractivity contribution in [3.05, 3.63) is 35.4 Å². The molecule has 1 fully saturated rings. The molecule has 1 aliphatic heterocycles. The van der Waals surface area contributed by atoms with Crippen LogP contribution in [0.5, 0.6) is 0 Å². The number of likely N-dealkylation sites (tertiary alicyclic amines) is 1. The molecule has 1 aromatic carbocycles. The molecule has 0 saturated carbocycles. The van der Waals surface area contributed by atoms with Gasteiger partial charge in [-0.1, -0.05) is 29.8 Å². The van der Waals surface area contributed by atoms with E-state index in [9.17, 15) is 14.4 Å². The van der Waals surface area contributed by atoms with Crippen molar-refractivity contribution in [2.75, 3.05) is 13.1 Å². The van der Waals surface area contributed by atoms with Crippen LogP contribution in [0.15, 0.2) is 24.3 Å². The lowest BCUT2D eigenvalue weighted by atomic mass is 9.96. The van der Waals surface area contributed by atoms with E-state index in [-0.39, 0.29) is 30.2 Å². The Morgan fingerprint density at radius 3 is 2.29 bits per heavy atom. The highest BCUT2D eigenvalue weighted by Gasteiger charge is 2.28. The maximum atomic E-state index is 12.5. The zero-order valence-corrected chi connectivity index (χ0v) is 14.1. The lowest BCUT2D eigenvalue weighted by molar-refractivity contribution is -0.146. The fourth-order valence-corrected chi connectivity index (χ4v) is 2.98. The Balaban J connectivity index is 2.01. The molecule has 1 aromatic rings. The van der Waals surface area contributed by atoms with E-state index in [1.807, 2.05) is 31.2 Å². The van der Waals surface area contributed by atoms with Gasteiger partial charge < -0.3 is 15.3 Å². The van der Waals surface area contributed by atoms with Gasteiger partial charge >= 0.3 is 5.97 Å². The number of hydrogen-bond acceptors (Lipinski definition) is 3. The number of hydrogen-bond donors (Lipinski definition) is 2. The summed E-state index contributed by atoms with van der Waals surface area (Å²) in [6.07, 6.45) is 1.15. The third-order valence-electron chi connectivity index (χ3n) is 4.43. The summed E-state index contributed by atoms with van der Waals surface area (Å²) in [4.78, 5) is 36.7. The number of carbonyl (C=O) groups excluding carboxylic acids is 2. The van der Waals surface area contributed by atoms with Gasteiger partial charge in [-0.2, -0.15) is 0 Å². The van der Waals surface area contributed by atoms with Gasteiger partial charge in [-0.05, 0) is 25.3 Å². The van der Waals surface area contributed by atoms with Crippen molar-refractivity contribution in [3.8, 4) is 0 Å². The van der Waals surface area contributed by atoms with Gasteiger partial charge in [0, 0.05) is 20.0 Å². The molecule has 0 aromatic heterocycles. The highest BCUT2D eigenvalue weighted by Crippen LogP contribution is 2.22. The molecule has 0 unspecified atom stereocenters. The Morgan fingerprint density at radius 1 is 1.21 bits per heavy atom. The largest absolute Gasteiger partial charge is 0.481 e. The molecular formula is C18H24N2O4. The summed E-state index contributed by atoms with van der Waals surface area (Å²) in [5, 5.41) is 11.9. The number of carbonyl (C=O) groups is 3. The van der Waals surface area contributed by atoms with E-state index < -0.39 is 5.97 Å². The number of piperidine rings is 1. The highest BCUT2D eigenvalue weighted by atomic mass is 16.4. The molecule has 1 heterocycles. The number of benzene rings is 1. The molecule has 0 spiro atoms. The quantitative estimate of drug-likeness (QED) is 0.862. The molecule has 2 rings (SSSR count). The van der Waals surface area contributed by atoms with Crippen molar-refractivity contribution in [1.29, 1.82) is 0 Å². The van der Waals surface area contributed by atoms with Crippen LogP contribution in [-0.2, 0) is 14.4 Å². The van der Waals surface area contributed by atoms with Gasteiger partial charge in [-0.3, -0.25) is 14.4 Å². The van der Waals surface area contributed by atoms with E-state index in [4.69, 9.17) is 5.11 Å². The highest BCUT2D eigenvalue weighted by molar-refractivity contribution is 5.79. The Kier molecular flexibility index (Phi) is 5.95. The predicted octanol–water partition coefficient (Wildman–Crippen LogP) is 1.89. The zero-order valence-electron chi connectivity index (χ0n) is 14.1. The maximum Gasteiger partial charge on any atom is 0.306 e. The molecule has 0 radical (unpaired) electrons. The van der Waals surface area contributed by atoms with Crippen LogP contribution in [-0.4, -0.2) is 40.9 Å². The van der Waals surface area contributed by atoms with Gasteiger partial charge in [0.05, 0.1) is 18.4 Å². The van der Waals surface area contributed by atoms with Crippen molar-refractivity contribution in [3.63, 3.8) is 0 Å². The molecule has 2 amide bonds. The monoisotopic (exact) mass is 332 g/mol. The summed E-state index contributed by atoms with van der Waals surface area (Å²) in [5.74, 6) is -1.40. The minimum Gasteiger partial charge on any atom is -0.481 e. The lowest BCUT2D eigenvalue weighted by Gasteiger charge is -2.31. The van der Waals surface area contributed by atoms with Gasteiger partial charge in [0.1, 0.15) is 0 Å². The van der Waals surface area contributed by atoms with E-state index >= 15 is 0 Å². The molecule has 130 valence electrons. The topological polar surface area (TPSA) is 86.7 Å². The smallest absolute Gasteiger partial charge is 0.306 e. The minimum atomic E-state index is -0.794. The fraction of sp³-hybridized carbons (Fsp3) is 0.500. The summed E-state index contributed by atoms with van der Waals surface area (Å²) >= 11 is 0. The fourth-order valence-electron chi connectivity index (χ4n) is 2.98. The standard InChI is InChI=1S/C18H24N2O4/c1-12-3-5-14(6-4-12)16(19-13(2)21)11-17(22)20-9-7-15(8-10-20)18(23)24/h3-6,15-16H,7-11H2,1-2H3,(H,19,21)(H,23,24)/t16-/m0/s1. The first-order valence-electron chi connectivity index (χ1n) is 8.21. The van der Waals surface area contributed by atoms with E-state index in [1.54, 1.807) is 4.90 Å². The molecule has 1 aliphatic rings. The van der Waals surface area contributed by atoms with E-state index in [2.05, 4.69) is 5.32 Å². The average Bonchev–Trinajstić information content (AvgIpc) is 2.54. The van der Waals surface area contributed by atoms with Crippen molar-refractivity contribution < 1.29 is 19.5 Å². The van der Waals surface area contributed by atoms with Gasteiger partial charge in [-0.15, -0.1) is 0 Å². The summed E-state index contributed by atoms with van der Waals surface area (Å²) < 4.78 is 0. The van der Waals surface area contributed by atoms with Crippen molar-refractivity contribution in [2.45, 2.75) is 39.2 Å². The third kappa shape index (κ3) is 4.81. The first-order chi connectivity index (χ1) is 11.4. The molecule has 2 N–H and O–H groups in total. The summed E-state index contributed by atoms with van der Waals surface area (Å²) in [6, 6.07) is 7.37. The normalized spacial score (nSPS) is 16.5. The Bertz CT molecular complexity index is 604. The summed E-state index contributed by atoms with van der Waals surface area (Å²) in [6.45, 7) is 4.33. The van der Waals surface area contributed by atoms with Crippen molar-refractivity contribution in [2.24, 2.45) is 5.92 Å². The number of amides is 2. The van der Waals surface area contributed by atoms with Crippen molar-refractivity contribution >= 4 is 17.8 Å². The summed E-state index contributed by atoms with van der Waals surface area (Å²) in [7, 11) is 0. The molecule has 6 heteroatoms. The van der Waals surface area contributed by atoms with Crippen LogP contribution < -0.4 is 5.32 Å². The van der Waals surface area contributed by atoms with Crippen LogP contribution in [0, 0.1) is 12.8 Å². The second-order valence-corrected chi connectivity index (χ2v) is 6.36. The Hall–Kier alpha value is -2.37. The summed E-state index contributed by atoms with van der Waals surface area (Å²) in [5.41, 5.74) is 2.01. The first kappa shape index (κ1) is 18.0. The van der Waals surface area contributed by atoms with E-state index in [1.165, 1.54) is 6.92 Å². The number of carboxylic acids is 1. The van der Waals surface area contributed by atoms with Crippen LogP contribution in [0.3, 0.4) is 0 Å². The number of carboxylic acid groups (broad SMARTS) is 1.